The van der Waals surface area contributed by atoms with Gasteiger partial charge in [-0.1, -0.05) is 94.6 Å². The maximum absolute atomic E-state index is 12.2. The first kappa shape index (κ1) is 37.0. The van der Waals surface area contributed by atoms with Gasteiger partial charge in [0, 0.05) is 12.8 Å². The molecule has 0 aromatic heterocycles. The van der Waals surface area contributed by atoms with Crippen LogP contribution in [0.1, 0.15) is 110 Å². The third-order valence-corrected chi connectivity index (χ3v) is 6.10. The van der Waals surface area contributed by atoms with Crippen LogP contribution in [0.5, 0.6) is 0 Å². The summed E-state index contributed by atoms with van der Waals surface area (Å²) in [5.41, 5.74) is 0. The minimum atomic E-state index is -4.74. The number of carbonyl (C=O) groups is 2. The Labute approximate surface area is 235 Å². The number of esters is 2. The molecule has 0 aliphatic heterocycles. The number of hydrogen-bond donors (Lipinski definition) is 2. The van der Waals surface area contributed by atoms with Gasteiger partial charge in [0.15, 0.2) is 6.10 Å². The molecule has 0 radical (unpaired) electrons. The number of hydrogen-bond acceptors (Lipinski definition) is 6. The average Bonchev–Trinajstić information content (AvgIpc) is 2.89. The quantitative estimate of drug-likeness (QED) is 0.0497. The van der Waals surface area contributed by atoms with Gasteiger partial charge in [-0.25, -0.2) is 4.57 Å². The molecular formula is C30H51O8P. The maximum atomic E-state index is 12.2. The van der Waals surface area contributed by atoms with E-state index in [0.29, 0.717) is 12.8 Å². The topological polar surface area (TPSA) is 119 Å². The van der Waals surface area contributed by atoms with E-state index >= 15 is 0 Å². The molecule has 0 aromatic carbocycles. The average molecular weight is 571 g/mol. The molecule has 0 bridgehead atoms. The SMILES string of the molecule is CC/C=C\C/C=C\C/C=C\C/C=C\CCCCCCC(=O)OC(COC(=O)CCCCCC)COP(=O)(O)O. The molecule has 39 heavy (non-hydrogen) atoms. The molecule has 224 valence electrons. The van der Waals surface area contributed by atoms with Crippen LogP contribution in [0.2, 0.25) is 0 Å². The Kier molecular flexibility index (Phi) is 24.9. The lowest BCUT2D eigenvalue weighted by atomic mass is 10.1. The van der Waals surface area contributed by atoms with Crippen molar-refractivity contribution >= 4 is 19.8 Å². The third kappa shape index (κ3) is 28.8. The molecule has 0 rings (SSSR count). The molecular weight excluding hydrogens is 519 g/mol. The molecule has 0 fully saturated rings. The number of phosphoric acid groups is 1. The fourth-order valence-electron chi connectivity index (χ4n) is 3.48. The molecule has 2 N–H and O–H groups in total. The predicted octanol–water partition coefficient (Wildman–Crippen LogP) is 7.67. The second-order valence-electron chi connectivity index (χ2n) is 9.35. The Morgan fingerprint density at radius 2 is 1.23 bits per heavy atom. The highest BCUT2D eigenvalue weighted by Crippen LogP contribution is 2.35. The number of ether oxygens (including phenoxy) is 2. The summed E-state index contributed by atoms with van der Waals surface area (Å²) in [4.78, 5) is 41.9. The van der Waals surface area contributed by atoms with Crippen LogP contribution in [0, 0.1) is 0 Å². The highest BCUT2D eigenvalue weighted by molar-refractivity contribution is 7.46. The van der Waals surface area contributed by atoms with Gasteiger partial charge in [-0.05, 0) is 51.4 Å². The van der Waals surface area contributed by atoms with Gasteiger partial charge >= 0.3 is 19.8 Å². The van der Waals surface area contributed by atoms with Gasteiger partial charge in [0.25, 0.3) is 0 Å². The van der Waals surface area contributed by atoms with E-state index in [1.54, 1.807) is 0 Å². The van der Waals surface area contributed by atoms with Crippen molar-refractivity contribution in [3.63, 3.8) is 0 Å². The van der Waals surface area contributed by atoms with Crippen LogP contribution in [0.15, 0.2) is 48.6 Å². The fraction of sp³-hybridized carbons (Fsp3) is 0.667. The molecule has 0 heterocycles. The lowest BCUT2D eigenvalue weighted by molar-refractivity contribution is -0.161. The molecule has 8 nitrogen and oxygen atoms in total. The fourth-order valence-corrected chi connectivity index (χ4v) is 3.84. The Morgan fingerprint density at radius 3 is 1.82 bits per heavy atom. The van der Waals surface area contributed by atoms with Crippen molar-refractivity contribution in [2.24, 2.45) is 0 Å². The molecule has 0 aromatic rings. The van der Waals surface area contributed by atoms with Crippen molar-refractivity contribution in [2.45, 2.75) is 116 Å². The summed E-state index contributed by atoms with van der Waals surface area (Å²) in [7, 11) is -4.74. The van der Waals surface area contributed by atoms with E-state index in [0.717, 1.165) is 70.6 Å². The van der Waals surface area contributed by atoms with Crippen molar-refractivity contribution in [1.82, 2.24) is 0 Å². The Hall–Kier alpha value is -1.99. The summed E-state index contributed by atoms with van der Waals surface area (Å²) in [5.74, 6) is -0.941. The number of allylic oxidation sites excluding steroid dienone is 8. The zero-order valence-corrected chi connectivity index (χ0v) is 24.9. The largest absolute Gasteiger partial charge is 0.469 e. The zero-order valence-electron chi connectivity index (χ0n) is 24.0. The normalized spacial score (nSPS) is 13.2. The van der Waals surface area contributed by atoms with Gasteiger partial charge in [-0.15, -0.1) is 0 Å². The third-order valence-electron chi connectivity index (χ3n) is 5.61. The predicted molar refractivity (Wildman–Crippen MR) is 156 cm³/mol. The summed E-state index contributed by atoms with van der Waals surface area (Å²) in [6.45, 7) is 3.36. The first-order valence-electron chi connectivity index (χ1n) is 14.4. The summed E-state index contributed by atoms with van der Waals surface area (Å²) in [5, 5.41) is 0. The molecule has 0 aliphatic carbocycles. The van der Waals surface area contributed by atoms with Gasteiger partial charge in [0.1, 0.15) is 6.61 Å². The van der Waals surface area contributed by atoms with Gasteiger partial charge in [0.2, 0.25) is 0 Å². The molecule has 9 heteroatoms. The second kappa shape index (κ2) is 26.2. The lowest BCUT2D eigenvalue weighted by Crippen LogP contribution is -2.29. The van der Waals surface area contributed by atoms with Crippen LogP contribution in [0.3, 0.4) is 0 Å². The summed E-state index contributed by atoms with van der Waals surface area (Å²) in [6, 6.07) is 0. The number of unbranched alkanes of at least 4 members (excludes halogenated alkanes) is 7. The van der Waals surface area contributed by atoms with E-state index in [4.69, 9.17) is 19.3 Å². The van der Waals surface area contributed by atoms with Crippen LogP contribution >= 0.6 is 7.82 Å². The highest BCUT2D eigenvalue weighted by Gasteiger charge is 2.22. The summed E-state index contributed by atoms with van der Waals surface area (Å²) >= 11 is 0. The van der Waals surface area contributed by atoms with Gasteiger partial charge in [0.05, 0.1) is 6.61 Å². The number of phosphoric ester groups is 1. The molecule has 0 spiro atoms. The van der Waals surface area contributed by atoms with Crippen molar-refractivity contribution in [1.29, 1.82) is 0 Å². The van der Waals surface area contributed by atoms with Gasteiger partial charge in [-0.3, -0.25) is 14.1 Å². The Bertz CT molecular complexity index is 782. The lowest BCUT2D eigenvalue weighted by Gasteiger charge is -2.18. The standard InChI is InChI=1S/C30H51O8P/c1-3-5-7-9-10-11-12-13-14-15-16-17-18-19-20-21-23-25-30(32)38-28(27-37-39(33,34)35)26-36-29(31)24-22-8-6-4-2/h5,7,10-11,13-14,16-17,28H,3-4,6,8-9,12,15,18-27H2,1-2H3,(H2,33,34,35)/b7-5-,11-10-,14-13-,17-16-. The van der Waals surface area contributed by atoms with Gasteiger partial charge in [-0.2, -0.15) is 0 Å². The molecule has 0 aliphatic rings. The first-order chi connectivity index (χ1) is 18.8. The summed E-state index contributed by atoms with van der Waals surface area (Å²) in [6.07, 6.45) is 29.0. The zero-order chi connectivity index (χ0) is 29.0. The van der Waals surface area contributed by atoms with Crippen LogP contribution < -0.4 is 0 Å². The minimum absolute atomic E-state index is 0.182. The van der Waals surface area contributed by atoms with E-state index in [9.17, 15) is 14.2 Å². The van der Waals surface area contributed by atoms with E-state index in [-0.39, 0.29) is 19.4 Å². The second-order valence-corrected chi connectivity index (χ2v) is 10.6. The van der Waals surface area contributed by atoms with E-state index in [1.165, 1.54) is 0 Å². The van der Waals surface area contributed by atoms with Crippen molar-refractivity contribution in [2.75, 3.05) is 13.2 Å². The smallest absolute Gasteiger partial charge is 0.462 e. The monoisotopic (exact) mass is 570 g/mol. The minimum Gasteiger partial charge on any atom is -0.462 e. The van der Waals surface area contributed by atoms with Crippen LogP contribution in [-0.4, -0.2) is 41.0 Å². The van der Waals surface area contributed by atoms with Gasteiger partial charge < -0.3 is 19.3 Å². The summed E-state index contributed by atoms with van der Waals surface area (Å²) < 4.78 is 25.9. The van der Waals surface area contributed by atoms with Crippen molar-refractivity contribution in [3.8, 4) is 0 Å². The molecule has 1 unspecified atom stereocenters. The number of rotatable bonds is 25. The van der Waals surface area contributed by atoms with Crippen LogP contribution in [0.25, 0.3) is 0 Å². The number of carbonyl (C=O) groups excluding carboxylic acids is 2. The molecule has 1 atom stereocenters. The van der Waals surface area contributed by atoms with Crippen LogP contribution in [-0.2, 0) is 28.2 Å². The van der Waals surface area contributed by atoms with Crippen molar-refractivity contribution in [3.05, 3.63) is 48.6 Å². The molecule has 0 amide bonds. The molecule has 0 saturated heterocycles. The van der Waals surface area contributed by atoms with E-state index < -0.39 is 32.5 Å². The van der Waals surface area contributed by atoms with Crippen molar-refractivity contribution < 1.29 is 37.9 Å². The molecule has 0 saturated carbocycles. The highest BCUT2D eigenvalue weighted by atomic mass is 31.2. The van der Waals surface area contributed by atoms with Crippen LogP contribution in [0.4, 0.5) is 0 Å². The maximum Gasteiger partial charge on any atom is 0.469 e. The first-order valence-corrected chi connectivity index (χ1v) is 16.0. The van der Waals surface area contributed by atoms with E-state index in [2.05, 4.69) is 67.0 Å². The van der Waals surface area contributed by atoms with E-state index in [1.807, 2.05) is 0 Å². The Balaban J connectivity index is 4.04. The Morgan fingerprint density at radius 1 is 0.692 bits per heavy atom.